The number of piperidine rings is 1. The fraction of sp³-hybridized carbons (Fsp3) is 0.667. The van der Waals surface area contributed by atoms with E-state index in [0.29, 0.717) is 17.9 Å². The van der Waals surface area contributed by atoms with Crippen molar-refractivity contribution in [2.75, 3.05) is 0 Å². The van der Waals surface area contributed by atoms with Gasteiger partial charge in [-0.25, -0.2) is 0 Å². The van der Waals surface area contributed by atoms with E-state index in [1.54, 1.807) is 0 Å². The van der Waals surface area contributed by atoms with Gasteiger partial charge in [0.1, 0.15) is 0 Å². The van der Waals surface area contributed by atoms with Crippen molar-refractivity contribution in [1.82, 2.24) is 10.6 Å². The van der Waals surface area contributed by atoms with Crippen LogP contribution in [-0.2, 0) is 9.59 Å². The molecule has 1 saturated heterocycles. The molecule has 96 valence electrons. The molecule has 1 aliphatic heterocycles. The lowest BCUT2D eigenvalue weighted by atomic mass is 9.86. The van der Waals surface area contributed by atoms with Crippen molar-refractivity contribution < 1.29 is 9.59 Å². The van der Waals surface area contributed by atoms with Crippen LogP contribution in [0.3, 0.4) is 0 Å². The first-order chi connectivity index (χ1) is 7.77. The highest BCUT2D eigenvalue weighted by Crippen LogP contribution is 2.28. The number of hydrogen-bond donors (Lipinski definition) is 2. The monoisotopic (exact) mass is 258 g/mol. The molecule has 2 amide bonds. The van der Waals surface area contributed by atoms with Crippen molar-refractivity contribution in [3.8, 4) is 0 Å². The lowest BCUT2D eigenvalue weighted by Gasteiger charge is -2.38. The van der Waals surface area contributed by atoms with Gasteiger partial charge in [0, 0.05) is 11.5 Å². The van der Waals surface area contributed by atoms with Crippen LogP contribution in [0, 0.1) is 5.92 Å². The molecule has 0 bridgehead atoms. The average Bonchev–Trinajstić information content (AvgIpc) is 2.21. The van der Waals surface area contributed by atoms with Crippen molar-refractivity contribution in [3.63, 3.8) is 0 Å². The van der Waals surface area contributed by atoms with Gasteiger partial charge in [0.2, 0.25) is 11.8 Å². The Kier molecular flexibility index (Phi) is 4.33. The molecule has 0 saturated carbocycles. The summed E-state index contributed by atoms with van der Waals surface area (Å²) < 4.78 is 0. The number of carbonyl (C=O) groups excluding carboxylic acids is 2. The number of halogens is 1. The van der Waals surface area contributed by atoms with Crippen LogP contribution in [0.1, 0.15) is 33.6 Å². The summed E-state index contributed by atoms with van der Waals surface area (Å²) in [6.45, 7) is 9.68. The molecular weight excluding hydrogens is 240 g/mol. The maximum atomic E-state index is 11.7. The van der Waals surface area contributed by atoms with E-state index in [-0.39, 0.29) is 17.7 Å². The lowest BCUT2D eigenvalue weighted by Crippen LogP contribution is -2.59. The van der Waals surface area contributed by atoms with Crippen LogP contribution in [0.15, 0.2) is 11.6 Å². The van der Waals surface area contributed by atoms with E-state index in [9.17, 15) is 9.59 Å². The molecule has 1 rings (SSSR count). The molecule has 0 aromatic heterocycles. The highest BCUT2D eigenvalue weighted by Gasteiger charge is 2.37. The molecule has 0 radical (unpaired) electrons. The first-order valence-electron chi connectivity index (χ1n) is 5.73. The second-order valence-electron chi connectivity index (χ2n) is 4.91. The number of hydrogen-bond acceptors (Lipinski definition) is 3. The molecular formula is C12H19ClN2O2. The van der Waals surface area contributed by atoms with Crippen LogP contribution < -0.4 is 10.6 Å². The third-order valence-corrected chi connectivity index (χ3v) is 3.82. The summed E-state index contributed by atoms with van der Waals surface area (Å²) in [7, 11) is 0. The van der Waals surface area contributed by atoms with Crippen LogP contribution in [0.4, 0.5) is 0 Å². The first-order valence-corrected chi connectivity index (χ1v) is 6.11. The van der Waals surface area contributed by atoms with Crippen molar-refractivity contribution in [2.45, 2.75) is 45.2 Å². The van der Waals surface area contributed by atoms with Gasteiger partial charge in [0.25, 0.3) is 0 Å². The van der Waals surface area contributed by atoms with Crippen LogP contribution in [0.25, 0.3) is 0 Å². The summed E-state index contributed by atoms with van der Waals surface area (Å²) >= 11 is 6.02. The van der Waals surface area contributed by atoms with Gasteiger partial charge >= 0.3 is 0 Å². The summed E-state index contributed by atoms with van der Waals surface area (Å²) in [5, 5.41) is 5.99. The highest BCUT2D eigenvalue weighted by atomic mass is 35.5. The van der Waals surface area contributed by atoms with Crippen molar-refractivity contribution >= 4 is 23.4 Å². The highest BCUT2D eigenvalue weighted by molar-refractivity contribution is 6.30. The van der Waals surface area contributed by atoms with E-state index in [2.05, 4.69) is 17.2 Å². The summed E-state index contributed by atoms with van der Waals surface area (Å²) in [4.78, 5) is 22.7. The minimum atomic E-state index is -0.524. The van der Waals surface area contributed by atoms with Gasteiger partial charge in [-0.15, -0.1) is 0 Å². The SMILES string of the molecule is C=C(Cl)[C@](C)(NC1CCC(=O)NC1=O)C(C)C. The van der Waals surface area contributed by atoms with Gasteiger partial charge in [-0.05, 0) is 19.3 Å². The van der Waals surface area contributed by atoms with Gasteiger partial charge in [-0.2, -0.15) is 0 Å². The number of amides is 2. The number of nitrogens with one attached hydrogen (secondary N) is 2. The van der Waals surface area contributed by atoms with Crippen molar-refractivity contribution in [3.05, 3.63) is 11.6 Å². The van der Waals surface area contributed by atoms with E-state index in [4.69, 9.17) is 11.6 Å². The van der Waals surface area contributed by atoms with E-state index >= 15 is 0 Å². The predicted octanol–water partition coefficient (Wildman–Crippen LogP) is 1.55. The van der Waals surface area contributed by atoms with Gasteiger partial charge in [-0.3, -0.25) is 20.2 Å². The molecule has 2 atom stereocenters. The zero-order valence-corrected chi connectivity index (χ0v) is 11.2. The molecule has 1 heterocycles. The summed E-state index contributed by atoms with van der Waals surface area (Å²) in [5.74, 6) is -0.312. The molecule has 2 N–H and O–H groups in total. The summed E-state index contributed by atoms with van der Waals surface area (Å²) in [6.07, 6.45) is 0.851. The Morgan fingerprint density at radius 3 is 2.59 bits per heavy atom. The standard InChI is InChI=1S/C12H19ClN2O2/c1-7(2)12(4,8(3)13)15-9-5-6-10(16)14-11(9)17/h7,9,15H,3,5-6H2,1-2,4H3,(H,14,16,17)/t9?,12-/m1/s1. The number of imide groups is 1. The van der Waals surface area contributed by atoms with Gasteiger partial charge < -0.3 is 0 Å². The quantitative estimate of drug-likeness (QED) is 0.753. The van der Waals surface area contributed by atoms with E-state index < -0.39 is 11.6 Å². The number of rotatable bonds is 4. The van der Waals surface area contributed by atoms with Gasteiger partial charge in [0.15, 0.2) is 0 Å². The van der Waals surface area contributed by atoms with Gasteiger partial charge in [-0.1, -0.05) is 32.0 Å². The normalized spacial score (nSPS) is 24.4. The summed E-state index contributed by atoms with van der Waals surface area (Å²) in [5.41, 5.74) is -0.524. The largest absolute Gasteiger partial charge is 0.295 e. The average molecular weight is 259 g/mol. The Hall–Kier alpha value is -0.870. The minimum absolute atomic E-state index is 0.193. The Morgan fingerprint density at radius 1 is 1.59 bits per heavy atom. The Bertz CT molecular complexity index is 354. The molecule has 0 spiro atoms. The van der Waals surface area contributed by atoms with E-state index in [1.807, 2.05) is 20.8 Å². The summed E-state index contributed by atoms with van der Waals surface area (Å²) in [6, 6.07) is -0.393. The third kappa shape index (κ3) is 3.07. The predicted molar refractivity (Wildman–Crippen MR) is 67.5 cm³/mol. The Morgan fingerprint density at radius 2 is 2.18 bits per heavy atom. The Balaban J connectivity index is 2.78. The zero-order chi connectivity index (χ0) is 13.2. The molecule has 0 aromatic rings. The van der Waals surface area contributed by atoms with E-state index in [0.717, 1.165) is 0 Å². The van der Waals surface area contributed by atoms with E-state index in [1.165, 1.54) is 0 Å². The molecule has 0 aliphatic carbocycles. The second-order valence-corrected chi connectivity index (χ2v) is 5.37. The molecule has 1 aliphatic rings. The molecule has 0 aromatic carbocycles. The molecule has 1 unspecified atom stereocenters. The molecule has 17 heavy (non-hydrogen) atoms. The Labute approximate surface area is 107 Å². The lowest BCUT2D eigenvalue weighted by molar-refractivity contribution is -0.135. The smallest absolute Gasteiger partial charge is 0.243 e. The molecule has 5 heteroatoms. The second kappa shape index (κ2) is 5.19. The first kappa shape index (κ1) is 14.2. The van der Waals surface area contributed by atoms with Crippen LogP contribution in [0.5, 0.6) is 0 Å². The van der Waals surface area contributed by atoms with Crippen LogP contribution in [0.2, 0.25) is 0 Å². The maximum absolute atomic E-state index is 11.7. The van der Waals surface area contributed by atoms with Crippen molar-refractivity contribution in [1.29, 1.82) is 0 Å². The van der Waals surface area contributed by atoms with Crippen molar-refractivity contribution in [2.24, 2.45) is 5.92 Å². The zero-order valence-electron chi connectivity index (χ0n) is 10.5. The minimum Gasteiger partial charge on any atom is -0.295 e. The van der Waals surface area contributed by atoms with Crippen LogP contribution >= 0.6 is 11.6 Å². The fourth-order valence-electron chi connectivity index (χ4n) is 1.75. The topological polar surface area (TPSA) is 58.2 Å². The maximum Gasteiger partial charge on any atom is 0.243 e. The molecule has 4 nitrogen and oxygen atoms in total. The third-order valence-electron chi connectivity index (χ3n) is 3.43. The fourth-order valence-corrected chi connectivity index (χ4v) is 2.02. The molecule has 1 fully saturated rings. The van der Waals surface area contributed by atoms with Gasteiger partial charge in [0.05, 0.1) is 11.6 Å². The number of carbonyl (C=O) groups is 2. The van der Waals surface area contributed by atoms with Crippen LogP contribution in [-0.4, -0.2) is 23.4 Å².